The summed E-state index contributed by atoms with van der Waals surface area (Å²) in [4.78, 5) is 0. The van der Waals surface area contributed by atoms with Gasteiger partial charge in [0.15, 0.2) is 0 Å². The van der Waals surface area contributed by atoms with E-state index in [1.165, 1.54) is 25.0 Å². The van der Waals surface area contributed by atoms with E-state index in [2.05, 4.69) is 0 Å². The highest BCUT2D eigenvalue weighted by atomic mass is 19.1. The van der Waals surface area contributed by atoms with Crippen LogP contribution in [0.1, 0.15) is 24.4 Å². The van der Waals surface area contributed by atoms with Crippen molar-refractivity contribution in [3.8, 4) is 5.75 Å². The second-order valence-corrected chi connectivity index (χ2v) is 4.83. The molecule has 0 unspecified atom stereocenters. The Morgan fingerprint density at radius 1 is 1.41 bits per heavy atom. The largest absolute Gasteiger partial charge is 0.490 e. The van der Waals surface area contributed by atoms with E-state index in [0.29, 0.717) is 18.3 Å². The van der Waals surface area contributed by atoms with Crippen molar-refractivity contribution in [3.63, 3.8) is 0 Å². The highest BCUT2D eigenvalue weighted by molar-refractivity contribution is 5.38. The number of nitrogens with two attached hydrogens (primary N) is 1. The molecule has 2 aliphatic rings. The average Bonchev–Trinajstić information content (AvgIpc) is 3.12. The third-order valence-corrected chi connectivity index (χ3v) is 3.38. The predicted molar refractivity (Wildman–Crippen MR) is 61.3 cm³/mol. The van der Waals surface area contributed by atoms with Crippen molar-refractivity contribution in [3.05, 3.63) is 29.6 Å². The van der Waals surface area contributed by atoms with Gasteiger partial charge in [0.25, 0.3) is 0 Å². The van der Waals surface area contributed by atoms with Crippen molar-refractivity contribution in [2.24, 2.45) is 11.7 Å². The molecule has 3 rings (SSSR count). The Morgan fingerprint density at radius 2 is 2.24 bits per heavy atom. The highest BCUT2D eigenvalue weighted by Crippen LogP contribution is 2.34. The Morgan fingerprint density at radius 3 is 3.00 bits per heavy atom. The molecule has 92 valence electrons. The van der Waals surface area contributed by atoms with Gasteiger partial charge in [0, 0.05) is 11.6 Å². The van der Waals surface area contributed by atoms with Gasteiger partial charge in [-0.05, 0) is 24.8 Å². The van der Waals surface area contributed by atoms with Crippen molar-refractivity contribution < 1.29 is 13.9 Å². The van der Waals surface area contributed by atoms with Crippen LogP contribution in [0.5, 0.6) is 5.75 Å². The molecule has 0 bridgehead atoms. The van der Waals surface area contributed by atoms with Gasteiger partial charge in [-0.1, -0.05) is 6.07 Å². The minimum Gasteiger partial charge on any atom is -0.490 e. The second-order valence-electron chi connectivity index (χ2n) is 4.83. The van der Waals surface area contributed by atoms with Gasteiger partial charge in [-0.25, -0.2) is 4.39 Å². The lowest BCUT2D eigenvalue weighted by Gasteiger charge is -2.31. The molecule has 2 N–H and O–H groups in total. The van der Waals surface area contributed by atoms with Gasteiger partial charge in [0.2, 0.25) is 0 Å². The van der Waals surface area contributed by atoms with Crippen molar-refractivity contribution in [2.75, 3.05) is 13.2 Å². The molecule has 0 amide bonds. The Kier molecular flexibility index (Phi) is 2.76. The highest BCUT2D eigenvalue weighted by Gasteiger charge is 2.31. The lowest BCUT2D eigenvalue weighted by atomic mass is 9.99. The molecule has 1 fully saturated rings. The van der Waals surface area contributed by atoms with Gasteiger partial charge < -0.3 is 15.2 Å². The molecule has 17 heavy (non-hydrogen) atoms. The fourth-order valence-corrected chi connectivity index (χ4v) is 2.08. The summed E-state index contributed by atoms with van der Waals surface area (Å²) in [6.07, 6.45) is 2.39. The summed E-state index contributed by atoms with van der Waals surface area (Å²) in [6.45, 7) is 1.17. The number of benzene rings is 1. The Bertz CT molecular complexity index is 420. The quantitative estimate of drug-likeness (QED) is 0.874. The van der Waals surface area contributed by atoms with Crippen LogP contribution in [0.4, 0.5) is 4.39 Å². The molecule has 0 saturated heterocycles. The molecule has 2 atom stereocenters. The van der Waals surface area contributed by atoms with Crippen LogP contribution in [0.25, 0.3) is 0 Å². The van der Waals surface area contributed by atoms with Crippen LogP contribution in [-0.2, 0) is 4.74 Å². The van der Waals surface area contributed by atoms with Crippen LogP contribution in [0.3, 0.4) is 0 Å². The number of hydrogen-bond donors (Lipinski definition) is 1. The molecular weight excluding hydrogens is 221 g/mol. The minimum atomic E-state index is -0.298. The van der Waals surface area contributed by atoms with Crippen LogP contribution in [0.15, 0.2) is 18.2 Å². The van der Waals surface area contributed by atoms with Crippen LogP contribution in [-0.4, -0.2) is 19.3 Å². The first-order chi connectivity index (χ1) is 8.24. The normalized spacial score (nSPS) is 27.4. The maximum Gasteiger partial charge on any atom is 0.127 e. The van der Waals surface area contributed by atoms with Crippen LogP contribution >= 0.6 is 0 Å². The summed E-state index contributed by atoms with van der Waals surface area (Å²) in [6, 6.07) is 4.25. The number of halogens is 1. The lowest BCUT2D eigenvalue weighted by molar-refractivity contribution is -0.0117. The maximum atomic E-state index is 13.0. The molecule has 1 aromatic rings. The van der Waals surface area contributed by atoms with E-state index in [-0.39, 0.29) is 18.0 Å². The third-order valence-electron chi connectivity index (χ3n) is 3.38. The van der Waals surface area contributed by atoms with Gasteiger partial charge in [-0.15, -0.1) is 0 Å². The van der Waals surface area contributed by atoms with E-state index < -0.39 is 0 Å². The number of rotatable bonds is 3. The Hall–Kier alpha value is -1.13. The van der Waals surface area contributed by atoms with Gasteiger partial charge in [-0.3, -0.25) is 0 Å². The molecule has 1 aromatic carbocycles. The van der Waals surface area contributed by atoms with Gasteiger partial charge >= 0.3 is 0 Å². The first-order valence-electron chi connectivity index (χ1n) is 6.03. The molecule has 3 nitrogen and oxygen atoms in total. The standard InChI is InChI=1S/C13H16FNO2/c14-9-3-4-10-11(5-9)17-7-12(13(10)15)16-6-8-1-2-8/h3-5,8,12-13H,1-2,6-7,15H2/t12-,13-/m0/s1. The fraction of sp³-hybridized carbons (Fsp3) is 0.538. The monoisotopic (exact) mass is 237 g/mol. The number of ether oxygens (including phenoxy) is 2. The summed E-state index contributed by atoms with van der Waals surface area (Å²) in [5.41, 5.74) is 6.95. The zero-order chi connectivity index (χ0) is 11.8. The van der Waals surface area contributed by atoms with Crippen LogP contribution in [0, 0.1) is 11.7 Å². The van der Waals surface area contributed by atoms with Crippen molar-refractivity contribution in [1.29, 1.82) is 0 Å². The molecule has 4 heteroatoms. The van der Waals surface area contributed by atoms with Gasteiger partial charge in [0.05, 0.1) is 12.6 Å². The molecule has 0 radical (unpaired) electrons. The van der Waals surface area contributed by atoms with E-state index >= 15 is 0 Å². The van der Waals surface area contributed by atoms with Gasteiger partial charge in [-0.2, -0.15) is 0 Å². The Balaban J connectivity index is 1.72. The van der Waals surface area contributed by atoms with Crippen molar-refractivity contribution in [1.82, 2.24) is 0 Å². The van der Waals surface area contributed by atoms with Crippen LogP contribution in [0.2, 0.25) is 0 Å². The molecule has 1 heterocycles. The topological polar surface area (TPSA) is 44.5 Å². The zero-order valence-electron chi connectivity index (χ0n) is 9.56. The molecule has 1 aliphatic heterocycles. The summed E-state index contributed by atoms with van der Waals surface area (Å²) in [5.74, 6) is 0.953. The van der Waals surface area contributed by atoms with Crippen molar-refractivity contribution in [2.45, 2.75) is 25.0 Å². The molecule has 1 aliphatic carbocycles. The summed E-state index contributed by atoms with van der Waals surface area (Å²) >= 11 is 0. The summed E-state index contributed by atoms with van der Waals surface area (Å²) in [7, 11) is 0. The maximum absolute atomic E-state index is 13.0. The molecule has 0 aromatic heterocycles. The lowest BCUT2D eigenvalue weighted by Crippen LogP contribution is -2.38. The van der Waals surface area contributed by atoms with Crippen molar-refractivity contribution >= 4 is 0 Å². The van der Waals surface area contributed by atoms with E-state index in [9.17, 15) is 4.39 Å². The first-order valence-corrected chi connectivity index (χ1v) is 6.03. The third kappa shape index (κ3) is 2.28. The molecular formula is C13H16FNO2. The second kappa shape index (κ2) is 4.27. The summed E-state index contributed by atoms with van der Waals surface area (Å²) in [5, 5.41) is 0. The summed E-state index contributed by atoms with van der Waals surface area (Å²) < 4.78 is 24.3. The number of hydrogen-bond acceptors (Lipinski definition) is 3. The smallest absolute Gasteiger partial charge is 0.127 e. The SMILES string of the molecule is N[C@H]1c2ccc(F)cc2OC[C@@H]1OCC1CC1. The van der Waals surface area contributed by atoms with E-state index in [1.807, 2.05) is 0 Å². The molecule has 1 saturated carbocycles. The average molecular weight is 237 g/mol. The van der Waals surface area contributed by atoms with Crippen LogP contribution < -0.4 is 10.5 Å². The minimum absolute atomic E-state index is 0.117. The van der Waals surface area contributed by atoms with E-state index in [0.717, 1.165) is 12.2 Å². The molecule has 0 spiro atoms. The zero-order valence-corrected chi connectivity index (χ0v) is 9.56. The first kappa shape index (κ1) is 11.0. The predicted octanol–water partition coefficient (Wildman–Crippen LogP) is 2.01. The van der Waals surface area contributed by atoms with E-state index in [4.69, 9.17) is 15.2 Å². The van der Waals surface area contributed by atoms with E-state index in [1.54, 1.807) is 6.07 Å². The van der Waals surface area contributed by atoms with Gasteiger partial charge in [0.1, 0.15) is 24.3 Å². The Labute approximate surface area is 99.7 Å². The fourth-order valence-electron chi connectivity index (χ4n) is 2.08. The number of fused-ring (bicyclic) bond motifs is 1.